The van der Waals surface area contributed by atoms with Crippen molar-refractivity contribution in [3.8, 4) is 0 Å². The van der Waals surface area contributed by atoms with Gasteiger partial charge in [0.1, 0.15) is 5.82 Å². The second kappa shape index (κ2) is 3.70. The highest BCUT2D eigenvalue weighted by atomic mass is 19.1. The van der Waals surface area contributed by atoms with Gasteiger partial charge < -0.3 is 5.32 Å². The zero-order valence-electron chi connectivity index (χ0n) is 8.73. The van der Waals surface area contributed by atoms with E-state index in [1.807, 2.05) is 13.0 Å². The van der Waals surface area contributed by atoms with Gasteiger partial charge in [-0.3, -0.25) is 0 Å². The van der Waals surface area contributed by atoms with Crippen LogP contribution in [0.2, 0.25) is 0 Å². The van der Waals surface area contributed by atoms with Gasteiger partial charge in [-0.15, -0.1) is 0 Å². The van der Waals surface area contributed by atoms with Crippen molar-refractivity contribution in [2.24, 2.45) is 0 Å². The van der Waals surface area contributed by atoms with Crippen molar-refractivity contribution >= 4 is 0 Å². The number of nitrogens with one attached hydrogen (secondary N) is 1. The number of rotatable bonds is 1. The molecule has 0 aromatic heterocycles. The number of halogens is 1. The highest BCUT2D eigenvalue weighted by molar-refractivity contribution is 5.36. The van der Waals surface area contributed by atoms with Crippen molar-refractivity contribution in [1.29, 1.82) is 0 Å². The Morgan fingerprint density at radius 3 is 3.00 bits per heavy atom. The molecule has 1 aromatic rings. The number of fused-ring (bicyclic) bond motifs is 1. The third-order valence-electron chi connectivity index (χ3n) is 2.99. The van der Waals surface area contributed by atoms with Crippen LogP contribution in [-0.4, -0.2) is 6.54 Å². The lowest BCUT2D eigenvalue weighted by atomic mass is 9.91. The van der Waals surface area contributed by atoms with Gasteiger partial charge in [0.05, 0.1) is 0 Å². The zero-order chi connectivity index (χ0) is 10.1. The molecular formula is C12H16FN. The first kappa shape index (κ1) is 9.66. The molecule has 0 spiro atoms. The van der Waals surface area contributed by atoms with Crippen LogP contribution < -0.4 is 5.32 Å². The molecule has 2 heteroatoms. The first-order chi connectivity index (χ1) is 6.72. The summed E-state index contributed by atoms with van der Waals surface area (Å²) in [5.41, 5.74) is 3.23. The largest absolute Gasteiger partial charge is 0.310 e. The first-order valence-electron chi connectivity index (χ1n) is 5.24. The van der Waals surface area contributed by atoms with Gasteiger partial charge >= 0.3 is 0 Å². The summed E-state index contributed by atoms with van der Waals surface area (Å²) in [7, 11) is 0. The second-order valence-corrected chi connectivity index (χ2v) is 3.97. The molecule has 1 aliphatic rings. The van der Waals surface area contributed by atoms with Gasteiger partial charge in [0, 0.05) is 6.04 Å². The Kier molecular flexibility index (Phi) is 2.55. The average molecular weight is 193 g/mol. The Bertz CT molecular complexity index is 346. The lowest BCUT2D eigenvalue weighted by Crippen LogP contribution is -2.29. The molecule has 0 saturated heterocycles. The minimum Gasteiger partial charge on any atom is -0.310 e. The Balaban J connectivity index is 2.47. The normalized spacial score (nSPS) is 20.6. The van der Waals surface area contributed by atoms with Crippen LogP contribution in [0, 0.1) is 12.7 Å². The van der Waals surface area contributed by atoms with E-state index in [4.69, 9.17) is 0 Å². The summed E-state index contributed by atoms with van der Waals surface area (Å²) in [5.74, 6) is -0.0779. The Hall–Kier alpha value is -0.890. The van der Waals surface area contributed by atoms with Gasteiger partial charge in [0.25, 0.3) is 0 Å². The molecule has 1 unspecified atom stereocenters. The molecule has 0 radical (unpaired) electrons. The smallest absolute Gasteiger partial charge is 0.126 e. The summed E-state index contributed by atoms with van der Waals surface area (Å²) in [5, 5.41) is 3.40. The van der Waals surface area contributed by atoms with Crippen LogP contribution in [0.25, 0.3) is 0 Å². The molecule has 76 valence electrons. The van der Waals surface area contributed by atoms with Crippen LogP contribution in [0.4, 0.5) is 4.39 Å². The van der Waals surface area contributed by atoms with Gasteiger partial charge in [-0.25, -0.2) is 4.39 Å². The molecule has 0 aliphatic carbocycles. The third-order valence-corrected chi connectivity index (χ3v) is 2.99. The van der Waals surface area contributed by atoms with Crippen molar-refractivity contribution < 1.29 is 4.39 Å². The van der Waals surface area contributed by atoms with E-state index in [1.165, 1.54) is 5.56 Å². The molecule has 1 N–H and O–H groups in total. The quantitative estimate of drug-likeness (QED) is 0.723. The summed E-state index contributed by atoms with van der Waals surface area (Å²) < 4.78 is 13.4. The minimum atomic E-state index is -0.0779. The molecule has 1 nitrogen and oxygen atoms in total. The molecule has 1 aliphatic heterocycles. The van der Waals surface area contributed by atoms with Gasteiger partial charge in [-0.1, -0.05) is 13.0 Å². The average Bonchev–Trinajstić information content (AvgIpc) is 2.19. The molecule has 14 heavy (non-hydrogen) atoms. The summed E-state index contributed by atoms with van der Waals surface area (Å²) >= 11 is 0. The summed E-state index contributed by atoms with van der Waals surface area (Å²) in [4.78, 5) is 0. The third kappa shape index (κ3) is 1.55. The van der Waals surface area contributed by atoms with Crippen molar-refractivity contribution in [3.05, 3.63) is 34.6 Å². The van der Waals surface area contributed by atoms with Gasteiger partial charge in [0.15, 0.2) is 0 Å². The maximum atomic E-state index is 13.4. The predicted octanol–water partition coefficient (Wildman–Crippen LogP) is 2.73. The summed E-state index contributed by atoms with van der Waals surface area (Å²) in [6.07, 6.45) is 2.04. The second-order valence-electron chi connectivity index (χ2n) is 3.97. The molecule has 0 fully saturated rings. The summed E-state index contributed by atoms with van der Waals surface area (Å²) in [6.45, 7) is 4.97. The molecule has 1 aromatic carbocycles. The zero-order valence-corrected chi connectivity index (χ0v) is 8.73. The number of hydrogen-bond acceptors (Lipinski definition) is 1. The fourth-order valence-corrected chi connectivity index (χ4v) is 2.15. The monoisotopic (exact) mass is 193 g/mol. The molecular weight excluding hydrogens is 177 g/mol. The molecule has 0 bridgehead atoms. The Morgan fingerprint density at radius 1 is 1.50 bits per heavy atom. The van der Waals surface area contributed by atoms with Gasteiger partial charge in [0.2, 0.25) is 0 Å². The van der Waals surface area contributed by atoms with Crippen LogP contribution in [-0.2, 0) is 6.42 Å². The van der Waals surface area contributed by atoms with Crippen LogP contribution >= 0.6 is 0 Å². The summed E-state index contributed by atoms with van der Waals surface area (Å²) in [6, 6.07) is 4.04. The minimum absolute atomic E-state index is 0.0779. The molecule has 1 heterocycles. The molecule has 0 saturated carbocycles. The lowest BCUT2D eigenvalue weighted by Gasteiger charge is -2.26. The van der Waals surface area contributed by atoms with E-state index in [1.54, 1.807) is 6.07 Å². The Labute approximate surface area is 84.3 Å². The number of hydrogen-bond donors (Lipinski definition) is 1. The van der Waals surface area contributed by atoms with Gasteiger partial charge in [-0.2, -0.15) is 0 Å². The van der Waals surface area contributed by atoms with Gasteiger partial charge in [-0.05, 0) is 49.1 Å². The first-order valence-corrected chi connectivity index (χ1v) is 5.24. The van der Waals surface area contributed by atoms with E-state index in [-0.39, 0.29) is 5.82 Å². The standard InChI is InChI=1S/C12H16FN/c1-3-12-10-7-11(13)8(2)6-9(10)4-5-14-12/h6-7,12,14H,3-5H2,1-2H3. The maximum absolute atomic E-state index is 13.4. The predicted molar refractivity (Wildman–Crippen MR) is 55.9 cm³/mol. The lowest BCUT2D eigenvalue weighted by molar-refractivity contribution is 0.486. The topological polar surface area (TPSA) is 12.0 Å². The van der Waals surface area contributed by atoms with Crippen LogP contribution in [0.15, 0.2) is 12.1 Å². The number of aryl methyl sites for hydroxylation is 1. The SMILES string of the molecule is CCC1NCCc2cc(C)c(F)cc21. The van der Waals surface area contributed by atoms with Crippen molar-refractivity contribution in [2.45, 2.75) is 32.7 Å². The van der Waals surface area contributed by atoms with E-state index in [0.29, 0.717) is 6.04 Å². The highest BCUT2D eigenvalue weighted by Gasteiger charge is 2.19. The maximum Gasteiger partial charge on any atom is 0.126 e. The van der Waals surface area contributed by atoms with E-state index in [2.05, 4.69) is 12.2 Å². The van der Waals surface area contributed by atoms with Crippen molar-refractivity contribution in [2.75, 3.05) is 6.54 Å². The molecule has 1 atom stereocenters. The molecule has 2 rings (SSSR count). The highest BCUT2D eigenvalue weighted by Crippen LogP contribution is 2.27. The fraction of sp³-hybridized carbons (Fsp3) is 0.500. The van der Waals surface area contributed by atoms with Crippen molar-refractivity contribution in [3.63, 3.8) is 0 Å². The fourth-order valence-electron chi connectivity index (χ4n) is 2.15. The van der Waals surface area contributed by atoms with E-state index in [0.717, 1.165) is 30.5 Å². The Morgan fingerprint density at radius 2 is 2.29 bits per heavy atom. The van der Waals surface area contributed by atoms with Crippen LogP contribution in [0.1, 0.15) is 36.1 Å². The molecule has 0 amide bonds. The van der Waals surface area contributed by atoms with Crippen LogP contribution in [0.3, 0.4) is 0 Å². The van der Waals surface area contributed by atoms with Crippen LogP contribution in [0.5, 0.6) is 0 Å². The van der Waals surface area contributed by atoms with E-state index < -0.39 is 0 Å². The van der Waals surface area contributed by atoms with Crippen molar-refractivity contribution in [1.82, 2.24) is 5.32 Å². The van der Waals surface area contributed by atoms with E-state index in [9.17, 15) is 4.39 Å². The number of benzene rings is 1. The van der Waals surface area contributed by atoms with E-state index >= 15 is 0 Å².